The number of benzene rings is 1. The van der Waals surface area contributed by atoms with Gasteiger partial charge in [-0.1, -0.05) is 17.8 Å². The molecule has 0 saturated heterocycles. The van der Waals surface area contributed by atoms with E-state index in [-0.39, 0.29) is 5.82 Å². The first kappa shape index (κ1) is 12.1. The maximum Gasteiger partial charge on any atom is 0.128 e. The fourth-order valence-electron chi connectivity index (χ4n) is 1.56. The zero-order valence-electron chi connectivity index (χ0n) is 9.77. The Labute approximate surface area is 104 Å². The maximum absolute atomic E-state index is 13.7. The van der Waals surface area contributed by atoms with Crippen molar-refractivity contribution in [3.63, 3.8) is 0 Å². The lowest BCUT2D eigenvalue weighted by atomic mass is 10.2. The van der Waals surface area contributed by atoms with Gasteiger partial charge in [0, 0.05) is 30.2 Å². The van der Waals surface area contributed by atoms with Gasteiger partial charge < -0.3 is 5.32 Å². The van der Waals surface area contributed by atoms with Gasteiger partial charge in [-0.15, -0.1) is 0 Å². The predicted molar refractivity (Wildman–Crippen MR) is 66.5 cm³/mol. The Balaban J connectivity index is 2.28. The van der Waals surface area contributed by atoms with Crippen LogP contribution in [0.25, 0.3) is 0 Å². The first-order valence-electron chi connectivity index (χ1n) is 5.29. The summed E-state index contributed by atoms with van der Waals surface area (Å²) in [5.41, 5.74) is 0.698. The molecule has 5 heteroatoms. The first-order valence-corrected chi connectivity index (χ1v) is 6.11. The molecule has 0 atom stereocenters. The summed E-state index contributed by atoms with van der Waals surface area (Å²) in [6.45, 7) is 0.523. The van der Waals surface area contributed by atoms with Crippen molar-refractivity contribution in [2.75, 3.05) is 7.05 Å². The molecular weight excluding hydrogens is 237 g/mol. The molecule has 3 nitrogen and oxygen atoms in total. The molecule has 1 aromatic carbocycles. The molecule has 0 aliphatic heterocycles. The highest BCUT2D eigenvalue weighted by atomic mass is 32.2. The van der Waals surface area contributed by atoms with Crippen LogP contribution < -0.4 is 5.32 Å². The van der Waals surface area contributed by atoms with Gasteiger partial charge in [-0.25, -0.2) is 4.39 Å². The average Bonchev–Trinajstić information content (AvgIpc) is 2.69. The van der Waals surface area contributed by atoms with Crippen LogP contribution in [-0.4, -0.2) is 16.8 Å². The highest BCUT2D eigenvalue weighted by Crippen LogP contribution is 2.31. The molecule has 1 N–H and O–H groups in total. The maximum atomic E-state index is 13.7. The third kappa shape index (κ3) is 2.87. The minimum Gasteiger partial charge on any atom is -0.316 e. The van der Waals surface area contributed by atoms with E-state index in [9.17, 15) is 4.39 Å². The van der Waals surface area contributed by atoms with Crippen LogP contribution in [0.5, 0.6) is 0 Å². The van der Waals surface area contributed by atoms with E-state index >= 15 is 0 Å². The SMILES string of the molecule is CNCc1c(F)cccc1Sc1cnn(C)c1. The first-order chi connectivity index (χ1) is 8.20. The summed E-state index contributed by atoms with van der Waals surface area (Å²) >= 11 is 1.53. The summed E-state index contributed by atoms with van der Waals surface area (Å²) in [6.07, 6.45) is 3.69. The molecule has 0 amide bonds. The van der Waals surface area contributed by atoms with E-state index in [0.717, 1.165) is 9.79 Å². The topological polar surface area (TPSA) is 29.9 Å². The molecule has 1 heterocycles. The van der Waals surface area contributed by atoms with E-state index in [0.29, 0.717) is 12.1 Å². The van der Waals surface area contributed by atoms with Crippen LogP contribution in [0.2, 0.25) is 0 Å². The van der Waals surface area contributed by atoms with Gasteiger partial charge in [0.25, 0.3) is 0 Å². The molecule has 17 heavy (non-hydrogen) atoms. The van der Waals surface area contributed by atoms with E-state index in [4.69, 9.17) is 0 Å². The number of aromatic nitrogens is 2. The van der Waals surface area contributed by atoms with E-state index in [1.165, 1.54) is 17.8 Å². The molecule has 0 bridgehead atoms. The van der Waals surface area contributed by atoms with Crippen LogP contribution in [-0.2, 0) is 13.6 Å². The van der Waals surface area contributed by atoms with Gasteiger partial charge in [-0.3, -0.25) is 4.68 Å². The van der Waals surface area contributed by atoms with E-state index in [1.807, 2.05) is 26.4 Å². The Morgan fingerprint density at radius 2 is 2.29 bits per heavy atom. The predicted octanol–water partition coefficient (Wildman–Crippen LogP) is 2.43. The third-order valence-electron chi connectivity index (χ3n) is 2.34. The number of aryl methyl sites for hydroxylation is 1. The summed E-state index contributed by atoms with van der Waals surface area (Å²) in [6, 6.07) is 5.14. The fraction of sp³-hybridized carbons (Fsp3) is 0.250. The lowest BCUT2D eigenvalue weighted by molar-refractivity contribution is 0.594. The van der Waals surface area contributed by atoms with Gasteiger partial charge in [-0.05, 0) is 19.2 Å². The van der Waals surface area contributed by atoms with Crippen LogP contribution in [0.15, 0.2) is 40.4 Å². The minimum atomic E-state index is -0.173. The fourth-order valence-corrected chi connectivity index (χ4v) is 2.56. The van der Waals surface area contributed by atoms with Crippen molar-refractivity contribution in [1.29, 1.82) is 0 Å². The molecule has 90 valence electrons. The Bertz CT molecular complexity index is 510. The second-order valence-corrected chi connectivity index (χ2v) is 4.81. The Hall–Kier alpha value is -1.33. The molecule has 0 aliphatic carbocycles. The van der Waals surface area contributed by atoms with Gasteiger partial charge in [0.1, 0.15) is 5.82 Å². The summed E-state index contributed by atoms with van der Waals surface area (Å²) in [5.74, 6) is -0.173. The molecule has 2 rings (SSSR count). The van der Waals surface area contributed by atoms with Crippen molar-refractivity contribution in [2.45, 2.75) is 16.3 Å². The molecule has 0 unspecified atom stereocenters. The van der Waals surface area contributed by atoms with Crippen molar-refractivity contribution >= 4 is 11.8 Å². The molecule has 2 aromatic rings. The van der Waals surface area contributed by atoms with Crippen molar-refractivity contribution in [1.82, 2.24) is 15.1 Å². The van der Waals surface area contributed by atoms with Crippen LogP contribution in [0.1, 0.15) is 5.56 Å². The van der Waals surface area contributed by atoms with Crippen molar-refractivity contribution in [2.24, 2.45) is 7.05 Å². The molecule has 0 radical (unpaired) electrons. The molecule has 0 fully saturated rings. The van der Waals surface area contributed by atoms with E-state index in [1.54, 1.807) is 16.9 Å². The summed E-state index contributed by atoms with van der Waals surface area (Å²) in [7, 11) is 3.68. The van der Waals surface area contributed by atoms with Crippen LogP contribution in [0, 0.1) is 5.82 Å². The number of halogens is 1. The smallest absolute Gasteiger partial charge is 0.128 e. The highest BCUT2D eigenvalue weighted by Gasteiger charge is 2.09. The molecular formula is C12H14FN3S. The summed E-state index contributed by atoms with van der Waals surface area (Å²) in [4.78, 5) is 1.93. The molecule has 0 saturated carbocycles. The van der Waals surface area contributed by atoms with Gasteiger partial charge in [0.05, 0.1) is 11.1 Å². The summed E-state index contributed by atoms with van der Waals surface area (Å²) in [5, 5.41) is 7.08. The Kier molecular flexibility index (Phi) is 3.81. The van der Waals surface area contributed by atoms with Crippen molar-refractivity contribution in [3.8, 4) is 0 Å². The number of rotatable bonds is 4. The van der Waals surface area contributed by atoms with Crippen LogP contribution in [0.3, 0.4) is 0 Å². The number of nitrogens with one attached hydrogen (secondary N) is 1. The average molecular weight is 251 g/mol. The number of hydrogen-bond donors (Lipinski definition) is 1. The molecule has 0 spiro atoms. The largest absolute Gasteiger partial charge is 0.316 e. The second-order valence-electron chi connectivity index (χ2n) is 3.70. The van der Waals surface area contributed by atoms with Gasteiger partial charge in [0.2, 0.25) is 0 Å². The summed E-state index contributed by atoms with van der Waals surface area (Å²) < 4.78 is 15.4. The minimum absolute atomic E-state index is 0.173. The Morgan fingerprint density at radius 1 is 1.47 bits per heavy atom. The Morgan fingerprint density at radius 3 is 2.94 bits per heavy atom. The monoisotopic (exact) mass is 251 g/mol. The standard InChI is InChI=1S/C12H14FN3S/c1-14-7-10-11(13)4-3-5-12(10)17-9-6-15-16(2)8-9/h3-6,8,14H,7H2,1-2H3. The van der Waals surface area contributed by atoms with E-state index < -0.39 is 0 Å². The quantitative estimate of drug-likeness (QED) is 0.905. The van der Waals surface area contributed by atoms with Gasteiger partial charge in [-0.2, -0.15) is 5.10 Å². The van der Waals surface area contributed by atoms with Gasteiger partial charge in [0.15, 0.2) is 0 Å². The highest BCUT2D eigenvalue weighted by molar-refractivity contribution is 7.99. The lowest BCUT2D eigenvalue weighted by Crippen LogP contribution is -2.08. The van der Waals surface area contributed by atoms with Crippen molar-refractivity contribution in [3.05, 3.63) is 42.0 Å². The zero-order chi connectivity index (χ0) is 12.3. The van der Waals surface area contributed by atoms with Crippen molar-refractivity contribution < 1.29 is 4.39 Å². The third-order valence-corrected chi connectivity index (χ3v) is 3.39. The second kappa shape index (κ2) is 5.33. The molecule has 0 aliphatic rings. The number of nitrogens with zero attached hydrogens (tertiary/aromatic N) is 2. The molecule has 1 aromatic heterocycles. The van der Waals surface area contributed by atoms with Crippen LogP contribution >= 0.6 is 11.8 Å². The van der Waals surface area contributed by atoms with E-state index in [2.05, 4.69) is 10.4 Å². The van der Waals surface area contributed by atoms with Crippen LogP contribution in [0.4, 0.5) is 4.39 Å². The normalized spacial score (nSPS) is 10.8. The van der Waals surface area contributed by atoms with Gasteiger partial charge >= 0.3 is 0 Å². The zero-order valence-corrected chi connectivity index (χ0v) is 10.6. The number of hydrogen-bond acceptors (Lipinski definition) is 3. The lowest BCUT2D eigenvalue weighted by Gasteiger charge is -2.08.